The molecule has 0 spiro atoms. The van der Waals surface area contributed by atoms with Gasteiger partial charge in [-0.1, -0.05) is 23.4 Å². The number of nitrogens with zero attached hydrogens (tertiary/aromatic N) is 4. The number of hydrogen-bond donors (Lipinski definition) is 1. The Kier molecular flexibility index (Phi) is 3.72. The minimum absolute atomic E-state index is 0. The van der Waals surface area contributed by atoms with Crippen LogP contribution < -0.4 is 5.73 Å². The second-order valence-corrected chi connectivity index (χ2v) is 5.44. The third-order valence-corrected chi connectivity index (χ3v) is 3.97. The smallest absolute Gasteiger partial charge is 0.261 e. The van der Waals surface area contributed by atoms with E-state index in [1.54, 1.807) is 10.9 Å². The zero-order valence-corrected chi connectivity index (χ0v) is 12.7. The van der Waals surface area contributed by atoms with Crippen molar-refractivity contribution in [1.29, 1.82) is 0 Å². The van der Waals surface area contributed by atoms with Gasteiger partial charge in [-0.25, -0.2) is 4.68 Å². The lowest BCUT2D eigenvalue weighted by Gasteiger charge is -2.34. The van der Waals surface area contributed by atoms with Gasteiger partial charge in [-0.3, -0.25) is 0 Å². The van der Waals surface area contributed by atoms with Crippen LogP contribution in [0.25, 0.3) is 17.1 Å². The maximum absolute atomic E-state index is 6.21. The molecule has 4 rings (SSSR count). The van der Waals surface area contributed by atoms with Gasteiger partial charge in [0.15, 0.2) is 5.82 Å². The Morgan fingerprint density at radius 2 is 1.95 bits per heavy atom. The lowest BCUT2D eigenvalue weighted by Crippen LogP contribution is -2.44. The maximum Gasteiger partial charge on any atom is 0.261 e. The fraction of sp³-hybridized carbons (Fsp3) is 0.267. The van der Waals surface area contributed by atoms with Gasteiger partial charge >= 0.3 is 0 Å². The number of aromatic nitrogens is 4. The Hall–Kier alpha value is -2.18. The number of halogens is 1. The fourth-order valence-corrected chi connectivity index (χ4v) is 2.48. The van der Waals surface area contributed by atoms with Crippen molar-refractivity contribution in [1.82, 2.24) is 19.9 Å². The van der Waals surface area contributed by atoms with Crippen molar-refractivity contribution in [3.05, 3.63) is 48.5 Å². The molecule has 0 unspecified atom stereocenters. The average molecular weight is 318 g/mol. The van der Waals surface area contributed by atoms with E-state index in [4.69, 9.17) is 10.3 Å². The maximum atomic E-state index is 6.21. The Balaban J connectivity index is 0.00000144. The Bertz CT molecular complexity index is 763. The summed E-state index contributed by atoms with van der Waals surface area (Å²) in [5, 5.41) is 8.35. The molecule has 6 nitrogen and oxygen atoms in total. The van der Waals surface area contributed by atoms with E-state index in [-0.39, 0.29) is 12.4 Å². The molecule has 0 radical (unpaired) electrons. The van der Waals surface area contributed by atoms with E-state index in [2.05, 4.69) is 15.2 Å². The number of nitrogens with two attached hydrogens (primary N) is 1. The van der Waals surface area contributed by atoms with Crippen molar-refractivity contribution in [2.45, 2.75) is 24.8 Å². The van der Waals surface area contributed by atoms with Gasteiger partial charge in [-0.05, 0) is 31.4 Å². The second kappa shape index (κ2) is 5.55. The fourth-order valence-electron chi connectivity index (χ4n) is 2.48. The number of para-hydroxylation sites is 1. The van der Waals surface area contributed by atoms with Crippen LogP contribution in [0.4, 0.5) is 0 Å². The molecular weight excluding hydrogens is 302 g/mol. The molecule has 2 heterocycles. The zero-order valence-electron chi connectivity index (χ0n) is 11.8. The van der Waals surface area contributed by atoms with Crippen LogP contribution in [0, 0.1) is 0 Å². The highest BCUT2D eigenvalue weighted by Gasteiger charge is 2.39. The highest BCUT2D eigenvalue weighted by atomic mass is 35.5. The van der Waals surface area contributed by atoms with Crippen molar-refractivity contribution in [2.75, 3.05) is 0 Å². The molecule has 114 valence electrons. The predicted octanol–water partition coefficient (Wildman–Crippen LogP) is 2.68. The van der Waals surface area contributed by atoms with Gasteiger partial charge in [-0.15, -0.1) is 12.4 Å². The van der Waals surface area contributed by atoms with E-state index in [9.17, 15) is 0 Å². The standard InChI is InChI=1S/C15H15N5O.ClH/c16-15(7-4-8-15)14-18-13(21-19-14)11-9-17-20(10-11)12-5-2-1-3-6-12;/h1-3,5-6,9-10H,4,7-8,16H2;1H. The van der Waals surface area contributed by atoms with Crippen LogP contribution in [0.3, 0.4) is 0 Å². The lowest BCUT2D eigenvalue weighted by atomic mass is 9.77. The molecule has 1 saturated carbocycles. The molecule has 3 aromatic rings. The first-order chi connectivity index (χ1) is 10.2. The van der Waals surface area contributed by atoms with E-state index < -0.39 is 5.54 Å². The zero-order chi connectivity index (χ0) is 14.3. The van der Waals surface area contributed by atoms with Crippen LogP contribution in [0.5, 0.6) is 0 Å². The SMILES string of the molecule is Cl.NC1(c2noc(-c3cnn(-c4ccccc4)c3)n2)CCC1. The van der Waals surface area contributed by atoms with Gasteiger partial charge in [-0.2, -0.15) is 10.1 Å². The van der Waals surface area contributed by atoms with Crippen molar-refractivity contribution in [3.63, 3.8) is 0 Å². The van der Waals surface area contributed by atoms with Gasteiger partial charge in [0, 0.05) is 6.20 Å². The Morgan fingerprint density at radius 1 is 1.18 bits per heavy atom. The summed E-state index contributed by atoms with van der Waals surface area (Å²) in [6.45, 7) is 0. The Morgan fingerprint density at radius 3 is 2.64 bits per heavy atom. The summed E-state index contributed by atoms with van der Waals surface area (Å²) in [6.07, 6.45) is 6.53. The van der Waals surface area contributed by atoms with Crippen LogP contribution in [0.15, 0.2) is 47.2 Å². The molecule has 1 aromatic carbocycles. The van der Waals surface area contributed by atoms with Gasteiger partial charge in [0.25, 0.3) is 5.89 Å². The van der Waals surface area contributed by atoms with Gasteiger partial charge in [0.1, 0.15) is 0 Å². The van der Waals surface area contributed by atoms with E-state index in [0.717, 1.165) is 30.5 Å². The molecular formula is C15H16ClN5O. The topological polar surface area (TPSA) is 82.8 Å². The highest BCUT2D eigenvalue weighted by Crippen LogP contribution is 2.37. The van der Waals surface area contributed by atoms with E-state index in [1.807, 2.05) is 36.5 Å². The molecule has 0 amide bonds. The molecule has 1 aliphatic carbocycles. The predicted molar refractivity (Wildman–Crippen MR) is 83.8 cm³/mol. The summed E-state index contributed by atoms with van der Waals surface area (Å²) < 4.78 is 7.11. The third kappa shape index (κ3) is 2.40. The minimum Gasteiger partial charge on any atom is -0.334 e. The van der Waals surface area contributed by atoms with E-state index in [1.165, 1.54) is 0 Å². The summed E-state index contributed by atoms with van der Waals surface area (Å²) in [5.74, 6) is 1.06. The molecule has 22 heavy (non-hydrogen) atoms. The first-order valence-electron chi connectivity index (χ1n) is 6.98. The van der Waals surface area contributed by atoms with Crippen LogP contribution in [-0.4, -0.2) is 19.9 Å². The van der Waals surface area contributed by atoms with Crippen molar-refractivity contribution >= 4 is 12.4 Å². The summed E-state index contributed by atoms with van der Waals surface area (Å²) in [5.41, 5.74) is 7.58. The normalized spacial score (nSPS) is 15.9. The summed E-state index contributed by atoms with van der Waals surface area (Å²) in [7, 11) is 0. The van der Waals surface area contributed by atoms with Crippen LogP contribution in [0.1, 0.15) is 25.1 Å². The lowest BCUT2D eigenvalue weighted by molar-refractivity contribution is 0.229. The summed E-state index contributed by atoms with van der Waals surface area (Å²) >= 11 is 0. The summed E-state index contributed by atoms with van der Waals surface area (Å²) in [4.78, 5) is 4.43. The molecule has 0 aliphatic heterocycles. The van der Waals surface area contributed by atoms with Crippen molar-refractivity contribution in [2.24, 2.45) is 5.73 Å². The number of rotatable bonds is 3. The molecule has 0 bridgehead atoms. The molecule has 0 saturated heterocycles. The molecule has 0 atom stereocenters. The molecule has 2 N–H and O–H groups in total. The largest absolute Gasteiger partial charge is 0.334 e. The third-order valence-electron chi connectivity index (χ3n) is 3.97. The molecule has 1 aliphatic rings. The van der Waals surface area contributed by atoms with Gasteiger partial charge in [0.05, 0.1) is 23.0 Å². The van der Waals surface area contributed by atoms with Gasteiger partial charge < -0.3 is 10.3 Å². The van der Waals surface area contributed by atoms with E-state index >= 15 is 0 Å². The minimum atomic E-state index is -0.406. The Labute approximate surface area is 133 Å². The van der Waals surface area contributed by atoms with E-state index in [0.29, 0.717) is 11.7 Å². The van der Waals surface area contributed by atoms with Crippen molar-refractivity contribution < 1.29 is 4.52 Å². The first kappa shape index (κ1) is 14.7. The average Bonchev–Trinajstić information content (AvgIpc) is 3.14. The van der Waals surface area contributed by atoms with Crippen LogP contribution >= 0.6 is 12.4 Å². The summed E-state index contributed by atoms with van der Waals surface area (Å²) in [6, 6.07) is 9.88. The van der Waals surface area contributed by atoms with Crippen LogP contribution in [-0.2, 0) is 5.54 Å². The molecule has 1 fully saturated rings. The van der Waals surface area contributed by atoms with Crippen molar-refractivity contribution in [3.8, 4) is 17.1 Å². The second-order valence-electron chi connectivity index (χ2n) is 5.44. The molecule has 2 aromatic heterocycles. The number of hydrogen-bond acceptors (Lipinski definition) is 5. The molecule has 7 heteroatoms. The van der Waals surface area contributed by atoms with Gasteiger partial charge in [0.2, 0.25) is 0 Å². The number of benzene rings is 1. The highest BCUT2D eigenvalue weighted by molar-refractivity contribution is 5.85. The first-order valence-corrected chi connectivity index (χ1v) is 6.98. The van der Waals surface area contributed by atoms with Crippen LogP contribution in [0.2, 0.25) is 0 Å². The monoisotopic (exact) mass is 317 g/mol. The quantitative estimate of drug-likeness (QED) is 0.803.